The van der Waals surface area contributed by atoms with Crippen LogP contribution in [0.2, 0.25) is 0 Å². The van der Waals surface area contributed by atoms with Crippen LogP contribution in [0.25, 0.3) is 0 Å². The molecule has 27 heavy (non-hydrogen) atoms. The number of carbonyl (C=O) groups is 1. The van der Waals surface area contributed by atoms with Gasteiger partial charge in [0, 0.05) is 12.6 Å². The second kappa shape index (κ2) is 8.23. The molecule has 1 aliphatic heterocycles. The fourth-order valence-corrected chi connectivity index (χ4v) is 4.02. The van der Waals surface area contributed by atoms with Crippen molar-refractivity contribution in [3.05, 3.63) is 46.8 Å². The molecule has 0 radical (unpaired) electrons. The topological polar surface area (TPSA) is 55.8 Å². The Morgan fingerprint density at radius 3 is 2.52 bits per heavy atom. The van der Waals surface area contributed by atoms with Crippen LogP contribution >= 0.6 is 0 Å². The second-order valence-corrected chi connectivity index (χ2v) is 7.95. The molecule has 2 heterocycles. The average molecular weight is 372 g/mol. The first kappa shape index (κ1) is 19.6. The van der Waals surface area contributed by atoms with Gasteiger partial charge in [0.15, 0.2) is 6.04 Å². The molecular formula is C21H33N5O+2. The standard InChI is InChI=1S/C21H31N5O/c1-15-7-6-8-19(13-15)14-25-9-11-26(12-10-25)18(4)21(27)22-20-16(2)23-24(5)17(20)3/h6-8,13,18H,9-12,14H2,1-5H3,(H,22,27)/p+2/t18-/m0/s1. The number of quaternary nitrogens is 2. The van der Waals surface area contributed by atoms with Crippen molar-refractivity contribution in [1.82, 2.24) is 9.78 Å². The summed E-state index contributed by atoms with van der Waals surface area (Å²) in [7, 11) is 1.91. The van der Waals surface area contributed by atoms with Crippen molar-refractivity contribution in [1.29, 1.82) is 0 Å². The van der Waals surface area contributed by atoms with Crippen LogP contribution in [0.4, 0.5) is 5.69 Å². The van der Waals surface area contributed by atoms with Gasteiger partial charge in [-0.25, -0.2) is 0 Å². The maximum atomic E-state index is 12.8. The van der Waals surface area contributed by atoms with E-state index in [1.165, 1.54) is 16.0 Å². The van der Waals surface area contributed by atoms with Crippen LogP contribution in [-0.2, 0) is 18.4 Å². The van der Waals surface area contributed by atoms with Crippen LogP contribution in [0, 0.1) is 20.8 Å². The minimum atomic E-state index is -0.0514. The van der Waals surface area contributed by atoms with Crippen LogP contribution in [0.3, 0.4) is 0 Å². The Bertz CT molecular complexity index is 805. The van der Waals surface area contributed by atoms with E-state index in [0.29, 0.717) is 0 Å². The van der Waals surface area contributed by atoms with E-state index in [1.807, 2.05) is 32.5 Å². The average Bonchev–Trinajstić information content (AvgIpc) is 2.88. The molecule has 1 fully saturated rings. The van der Waals surface area contributed by atoms with E-state index < -0.39 is 0 Å². The van der Waals surface area contributed by atoms with E-state index in [-0.39, 0.29) is 11.9 Å². The molecule has 0 unspecified atom stereocenters. The Labute approximate surface area is 162 Å². The Kier molecular flexibility index (Phi) is 5.97. The van der Waals surface area contributed by atoms with E-state index in [2.05, 4.69) is 41.6 Å². The van der Waals surface area contributed by atoms with Crippen LogP contribution in [0.1, 0.15) is 29.4 Å². The molecule has 0 spiro atoms. The summed E-state index contributed by atoms with van der Waals surface area (Å²) in [5, 5.41) is 7.49. The highest BCUT2D eigenvalue weighted by atomic mass is 16.2. The third kappa shape index (κ3) is 4.57. The smallest absolute Gasteiger partial charge is 0.282 e. The SMILES string of the molecule is Cc1cccc(C[NH+]2CC[NH+]([C@@H](C)C(=O)Nc3c(C)nn(C)c3C)CC2)c1. The molecule has 1 aromatic carbocycles. The third-order valence-electron chi connectivity index (χ3n) is 5.90. The zero-order valence-corrected chi connectivity index (χ0v) is 17.2. The number of anilines is 1. The Morgan fingerprint density at radius 1 is 1.22 bits per heavy atom. The van der Waals surface area contributed by atoms with Crippen molar-refractivity contribution in [2.75, 3.05) is 31.5 Å². The lowest BCUT2D eigenvalue weighted by atomic mass is 10.1. The monoisotopic (exact) mass is 371 g/mol. The Balaban J connectivity index is 1.53. The first-order chi connectivity index (χ1) is 12.8. The van der Waals surface area contributed by atoms with Gasteiger partial charge in [0.25, 0.3) is 5.91 Å². The van der Waals surface area contributed by atoms with E-state index in [0.717, 1.165) is 49.8 Å². The van der Waals surface area contributed by atoms with Crippen molar-refractivity contribution in [2.24, 2.45) is 7.05 Å². The van der Waals surface area contributed by atoms with E-state index in [9.17, 15) is 4.79 Å². The fourth-order valence-electron chi connectivity index (χ4n) is 4.02. The summed E-state index contributed by atoms with van der Waals surface area (Å²) < 4.78 is 1.82. The van der Waals surface area contributed by atoms with Gasteiger partial charge in [0.1, 0.15) is 32.7 Å². The molecule has 2 aromatic rings. The number of amides is 1. The van der Waals surface area contributed by atoms with Crippen molar-refractivity contribution in [2.45, 2.75) is 40.3 Å². The zero-order chi connectivity index (χ0) is 19.6. The normalized spacial score (nSPS) is 21.1. The van der Waals surface area contributed by atoms with Crippen molar-refractivity contribution in [3.63, 3.8) is 0 Å². The largest absolute Gasteiger partial charge is 0.322 e. The lowest BCUT2D eigenvalue weighted by Gasteiger charge is -2.32. The molecule has 3 rings (SSSR count). The number of aryl methyl sites for hydroxylation is 3. The molecule has 1 atom stereocenters. The number of nitrogens with zero attached hydrogens (tertiary/aromatic N) is 2. The molecule has 0 aliphatic carbocycles. The first-order valence-corrected chi connectivity index (χ1v) is 9.90. The van der Waals surface area contributed by atoms with Crippen LogP contribution in [0.15, 0.2) is 24.3 Å². The van der Waals surface area contributed by atoms with Crippen LogP contribution in [-0.4, -0.2) is 47.9 Å². The lowest BCUT2D eigenvalue weighted by Crippen LogP contribution is -3.29. The maximum Gasteiger partial charge on any atom is 0.282 e. The molecule has 1 aliphatic rings. The van der Waals surface area contributed by atoms with Gasteiger partial charge >= 0.3 is 0 Å². The highest BCUT2D eigenvalue weighted by molar-refractivity contribution is 5.94. The number of nitrogens with one attached hydrogen (secondary N) is 3. The second-order valence-electron chi connectivity index (χ2n) is 7.95. The van der Waals surface area contributed by atoms with Crippen molar-refractivity contribution in [3.8, 4) is 0 Å². The molecule has 1 amide bonds. The molecule has 6 heteroatoms. The number of benzene rings is 1. The molecule has 0 bridgehead atoms. The van der Waals surface area contributed by atoms with E-state index in [4.69, 9.17) is 0 Å². The minimum Gasteiger partial charge on any atom is -0.322 e. The summed E-state index contributed by atoms with van der Waals surface area (Å²) >= 11 is 0. The Morgan fingerprint density at radius 2 is 1.93 bits per heavy atom. The van der Waals surface area contributed by atoms with Gasteiger partial charge in [-0.3, -0.25) is 9.48 Å². The van der Waals surface area contributed by atoms with Gasteiger partial charge in [0.2, 0.25) is 0 Å². The van der Waals surface area contributed by atoms with E-state index in [1.54, 1.807) is 4.90 Å². The van der Waals surface area contributed by atoms with Gasteiger partial charge in [-0.2, -0.15) is 5.10 Å². The Hall–Kier alpha value is -2.18. The fraction of sp³-hybridized carbons (Fsp3) is 0.524. The summed E-state index contributed by atoms with van der Waals surface area (Å²) in [5.41, 5.74) is 5.45. The summed E-state index contributed by atoms with van der Waals surface area (Å²) in [6, 6.07) is 8.73. The van der Waals surface area contributed by atoms with Gasteiger partial charge in [0.05, 0.1) is 17.1 Å². The van der Waals surface area contributed by atoms with Crippen LogP contribution in [0.5, 0.6) is 0 Å². The molecule has 3 N–H and O–H groups in total. The number of carbonyl (C=O) groups excluding carboxylic acids is 1. The van der Waals surface area contributed by atoms with Gasteiger partial charge in [-0.1, -0.05) is 29.8 Å². The first-order valence-electron chi connectivity index (χ1n) is 9.90. The number of rotatable bonds is 5. The van der Waals surface area contributed by atoms with Gasteiger partial charge in [-0.05, 0) is 27.7 Å². The predicted octanol–water partition coefficient (Wildman–Crippen LogP) is -0.344. The quantitative estimate of drug-likeness (QED) is 0.673. The number of piperazine rings is 1. The lowest BCUT2D eigenvalue weighted by molar-refractivity contribution is -1.02. The van der Waals surface area contributed by atoms with E-state index >= 15 is 0 Å². The molecule has 1 aromatic heterocycles. The van der Waals surface area contributed by atoms with Crippen LogP contribution < -0.4 is 15.1 Å². The highest BCUT2D eigenvalue weighted by Crippen LogP contribution is 2.18. The number of aromatic nitrogens is 2. The molecular weight excluding hydrogens is 338 g/mol. The van der Waals surface area contributed by atoms with Gasteiger partial charge < -0.3 is 15.1 Å². The zero-order valence-electron chi connectivity index (χ0n) is 17.2. The summed E-state index contributed by atoms with van der Waals surface area (Å²) in [4.78, 5) is 15.7. The number of hydrogen-bond acceptors (Lipinski definition) is 2. The predicted molar refractivity (Wildman–Crippen MR) is 107 cm³/mol. The maximum absolute atomic E-state index is 12.8. The van der Waals surface area contributed by atoms with Crippen molar-refractivity contribution >= 4 is 11.6 Å². The summed E-state index contributed by atoms with van der Waals surface area (Å²) in [6.45, 7) is 13.4. The molecule has 146 valence electrons. The summed E-state index contributed by atoms with van der Waals surface area (Å²) in [6.07, 6.45) is 0. The molecule has 0 saturated carbocycles. The molecule has 6 nitrogen and oxygen atoms in total. The highest BCUT2D eigenvalue weighted by Gasteiger charge is 2.31. The van der Waals surface area contributed by atoms with Gasteiger partial charge in [-0.15, -0.1) is 0 Å². The third-order valence-corrected chi connectivity index (χ3v) is 5.90. The molecule has 1 saturated heterocycles. The number of hydrogen-bond donors (Lipinski definition) is 3. The summed E-state index contributed by atoms with van der Waals surface area (Å²) in [5.74, 6) is 0.0892. The minimum absolute atomic E-state index is 0.0514. The van der Waals surface area contributed by atoms with Crippen molar-refractivity contribution < 1.29 is 14.6 Å².